The first-order valence-electron chi connectivity index (χ1n) is 12.3. The van der Waals surface area contributed by atoms with Gasteiger partial charge in [-0.15, -0.1) is 0 Å². The Hall–Kier alpha value is -2.69. The van der Waals surface area contributed by atoms with Crippen molar-refractivity contribution in [3.8, 4) is 0 Å². The normalized spacial score (nSPS) is 22.9. The lowest BCUT2D eigenvalue weighted by molar-refractivity contribution is -0.144. The molecule has 0 radical (unpaired) electrons. The first kappa shape index (κ1) is 25.9. The van der Waals surface area contributed by atoms with Crippen molar-refractivity contribution in [1.82, 2.24) is 20.9 Å². The van der Waals surface area contributed by atoms with Crippen LogP contribution in [0.5, 0.6) is 0 Å². The summed E-state index contributed by atoms with van der Waals surface area (Å²) < 4.78 is 10.1. The fourth-order valence-electron chi connectivity index (χ4n) is 4.60. The molecule has 3 rings (SSSR count). The van der Waals surface area contributed by atoms with Crippen molar-refractivity contribution in [1.29, 1.82) is 0 Å². The first-order chi connectivity index (χ1) is 16.4. The zero-order valence-electron chi connectivity index (χ0n) is 19.9. The maximum absolute atomic E-state index is 13.5. The molecule has 4 amide bonds. The molecule has 1 aliphatic carbocycles. The number of rotatable bonds is 9. The highest BCUT2D eigenvalue weighted by Gasteiger charge is 2.44. The van der Waals surface area contributed by atoms with Crippen molar-refractivity contribution >= 4 is 29.6 Å². The molecular formula is C23H36N4O7. The summed E-state index contributed by atoms with van der Waals surface area (Å²) in [5.74, 6) is -2.73. The third kappa shape index (κ3) is 6.46. The molecule has 2 heterocycles. The number of cyclic esters (lactones) is 1. The van der Waals surface area contributed by atoms with Crippen LogP contribution in [0.4, 0.5) is 4.79 Å². The van der Waals surface area contributed by atoms with Gasteiger partial charge in [0.2, 0.25) is 11.7 Å². The van der Waals surface area contributed by atoms with Crippen LogP contribution >= 0.6 is 0 Å². The average Bonchev–Trinajstić information content (AvgIpc) is 3.26. The Labute approximate surface area is 199 Å². The number of ketones is 1. The molecule has 2 atom stereocenters. The van der Waals surface area contributed by atoms with Crippen molar-refractivity contribution in [3.63, 3.8) is 0 Å². The van der Waals surface area contributed by atoms with Gasteiger partial charge in [-0.3, -0.25) is 14.4 Å². The second-order valence-corrected chi connectivity index (χ2v) is 9.19. The molecule has 3 fully saturated rings. The molecule has 3 N–H and O–H groups in total. The van der Waals surface area contributed by atoms with Crippen LogP contribution in [0.2, 0.25) is 0 Å². The minimum atomic E-state index is -1.13. The van der Waals surface area contributed by atoms with E-state index in [1.165, 1.54) is 0 Å². The highest BCUT2D eigenvalue weighted by molar-refractivity contribution is 6.38. The molecule has 3 aliphatic rings. The number of hydrogen-bond donors (Lipinski definition) is 3. The number of Topliss-reactive ketones (excluding diaryl/α,β-unsaturated/α-hetero) is 1. The molecule has 11 heteroatoms. The molecule has 190 valence electrons. The van der Waals surface area contributed by atoms with E-state index in [1.807, 2.05) is 6.92 Å². The van der Waals surface area contributed by atoms with Crippen LogP contribution in [0.1, 0.15) is 64.7 Å². The highest BCUT2D eigenvalue weighted by Crippen LogP contribution is 2.29. The monoisotopic (exact) mass is 480 g/mol. The van der Waals surface area contributed by atoms with E-state index in [2.05, 4.69) is 16.0 Å². The van der Waals surface area contributed by atoms with Gasteiger partial charge in [-0.2, -0.15) is 0 Å². The van der Waals surface area contributed by atoms with Crippen molar-refractivity contribution in [2.45, 2.75) is 82.3 Å². The Kier molecular flexibility index (Phi) is 9.26. The van der Waals surface area contributed by atoms with Gasteiger partial charge in [-0.05, 0) is 19.3 Å². The number of unbranched alkanes of at least 4 members (excludes halogenated alkanes) is 1. The van der Waals surface area contributed by atoms with E-state index in [-0.39, 0.29) is 19.1 Å². The lowest BCUT2D eigenvalue weighted by Gasteiger charge is -2.39. The Morgan fingerprint density at radius 2 is 1.79 bits per heavy atom. The summed E-state index contributed by atoms with van der Waals surface area (Å²) >= 11 is 0. The van der Waals surface area contributed by atoms with Gasteiger partial charge in [0, 0.05) is 19.5 Å². The number of esters is 1. The highest BCUT2D eigenvalue weighted by atomic mass is 16.5. The standard InChI is InChI=1S/C23H36N4O7/c1-2-3-7-16(18(28)19(29)24-17-8-13-34-20(17)30)25-21(31)23(9-5-4-6-10-23)26-22(32)27-11-14-33-15-12-27/h16-17H,2-15H2,1H3,(H,24,29)(H,25,31)(H,26,32)/t16?,17-/m0/s1. The molecule has 0 aromatic carbocycles. The van der Waals surface area contributed by atoms with Crippen molar-refractivity contribution in [3.05, 3.63) is 0 Å². The van der Waals surface area contributed by atoms with E-state index in [1.54, 1.807) is 4.90 Å². The molecule has 1 saturated carbocycles. The van der Waals surface area contributed by atoms with Crippen LogP contribution in [-0.2, 0) is 28.7 Å². The maximum atomic E-state index is 13.5. The summed E-state index contributed by atoms with van der Waals surface area (Å²) in [4.78, 5) is 65.2. The number of morpholine rings is 1. The van der Waals surface area contributed by atoms with Crippen molar-refractivity contribution in [2.24, 2.45) is 0 Å². The zero-order valence-corrected chi connectivity index (χ0v) is 19.9. The lowest BCUT2D eigenvalue weighted by Crippen LogP contribution is -2.64. The van der Waals surface area contributed by atoms with Gasteiger partial charge >= 0.3 is 12.0 Å². The summed E-state index contributed by atoms with van der Waals surface area (Å²) in [5.41, 5.74) is -1.13. The van der Waals surface area contributed by atoms with Crippen LogP contribution in [0, 0.1) is 0 Å². The van der Waals surface area contributed by atoms with Gasteiger partial charge in [0.1, 0.15) is 11.6 Å². The van der Waals surface area contributed by atoms with Crippen LogP contribution in [0.3, 0.4) is 0 Å². The number of amides is 4. The number of carbonyl (C=O) groups excluding carboxylic acids is 5. The van der Waals surface area contributed by atoms with Crippen LogP contribution in [0.15, 0.2) is 0 Å². The molecule has 11 nitrogen and oxygen atoms in total. The van der Waals surface area contributed by atoms with Crippen LogP contribution < -0.4 is 16.0 Å². The van der Waals surface area contributed by atoms with Crippen LogP contribution in [0.25, 0.3) is 0 Å². The lowest BCUT2D eigenvalue weighted by atomic mass is 9.80. The van der Waals surface area contributed by atoms with Gasteiger partial charge in [-0.1, -0.05) is 39.0 Å². The SMILES string of the molecule is CCCCC(NC(=O)C1(NC(=O)N2CCOCC2)CCCCC1)C(=O)C(=O)N[C@H]1CCOC1=O. The van der Waals surface area contributed by atoms with Gasteiger partial charge in [-0.25, -0.2) is 9.59 Å². The summed E-state index contributed by atoms with van der Waals surface area (Å²) in [7, 11) is 0. The van der Waals surface area contributed by atoms with Gasteiger partial charge in [0.25, 0.3) is 5.91 Å². The fourth-order valence-corrected chi connectivity index (χ4v) is 4.60. The molecule has 34 heavy (non-hydrogen) atoms. The average molecular weight is 481 g/mol. The number of carbonyl (C=O) groups is 5. The fraction of sp³-hybridized carbons (Fsp3) is 0.783. The molecule has 0 aromatic heterocycles. The minimum Gasteiger partial charge on any atom is -0.464 e. The molecule has 0 bridgehead atoms. The van der Waals surface area contributed by atoms with E-state index in [4.69, 9.17) is 9.47 Å². The Balaban J connectivity index is 1.69. The van der Waals surface area contributed by atoms with Gasteiger partial charge < -0.3 is 30.3 Å². The number of ether oxygens (including phenoxy) is 2. The van der Waals surface area contributed by atoms with E-state index in [9.17, 15) is 24.0 Å². The summed E-state index contributed by atoms with van der Waals surface area (Å²) in [6.07, 6.45) is 5.42. The molecular weight excluding hydrogens is 444 g/mol. The van der Waals surface area contributed by atoms with E-state index < -0.39 is 41.2 Å². The van der Waals surface area contributed by atoms with E-state index in [0.717, 1.165) is 25.7 Å². The molecule has 1 unspecified atom stereocenters. The van der Waals surface area contributed by atoms with Gasteiger partial charge in [0.15, 0.2) is 0 Å². The number of nitrogens with zero attached hydrogens (tertiary/aromatic N) is 1. The third-order valence-electron chi connectivity index (χ3n) is 6.72. The first-order valence-corrected chi connectivity index (χ1v) is 12.3. The zero-order chi connectivity index (χ0) is 24.6. The van der Waals surface area contributed by atoms with Crippen molar-refractivity contribution < 1.29 is 33.4 Å². The molecule has 0 spiro atoms. The predicted octanol–water partition coefficient (Wildman–Crippen LogP) is 0.407. The van der Waals surface area contributed by atoms with Gasteiger partial charge in [0.05, 0.1) is 25.9 Å². The molecule has 2 aliphatic heterocycles. The largest absolute Gasteiger partial charge is 0.464 e. The number of nitrogens with one attached hydrogen (secondary N) is 3. The van der Waals surface area contributed by atoms with Crippen LogP contribution in [-0.4, -0.2) is 85.0 Å². The third-order valence-corrected chi connectivity index (χ3v) is 6.72. The maximum Gasteiger partial charge on any atom is 0.328 e. The second-order valence-electron chi connectivity index (χ2n) is 9.19. The topological polar surface area (TPSA) is 143 Å². The number of hydrogen-bond acceptors (Lipinski definition) is 7. The Morgan fingerprint density at radius 1 is 1.09 bits per heavy atom. The summed E-state index contributed by atoms with van der Waals surface area (Å²) in [6.45, 7) is 3.94. The second kappa shape index (κ2) is 12.1. The minimum absolute atomic E-state index is 0.194. The summed E-state index contributed by atoms with van der Waals surface area (Å²) in [5, 5.41) is 8.13. The molecule has 2 saturated heterocycles. The number of urea groups is 1. The summed E-state index contributed by atoms with van der Waals surface area (Å²) in [6, 6.07) is -2.21. The quantitative estimate of drug-likeness (QED) is 0.320. The van der Waals surface area contributed by atoms with E-state index in [0.29, 0.717) is 52.0 Å². The smallest absolute Gasteiger partial charge is 0.328 e. The predicted molar refractivity (Wildman–Crippen MR) is 121 cm³/mol. The van der Waals surface area contributed by atoms with Crippen molar-refractivity contribution in [2.75, 3.05) is 32.9 Å². The Bertz CT molecular complexity index is 775. The molecule has 0 aromatic rings. The Morgan fingerprint density at radius 3 is 2.41 bits per heavy atom. The van der Waals surface area contributed by atoms with E-state index >= 15 is 0 Å².